The third-order valence-electron chi connectivity index (χ3n) is 3.89. The van der Waals surface area contributed by atoms with Crippen molar-refractivity contribution in [1.82, 2.24) is 0 Å². The average molecular weight is 259 g/mol. The molecule has 1 aliphatic carbocycles. The van der Waals surface area contributed by atoms with Crippen LogP contribution in [0.3, 0.4) is 0 Å². The Morgan fingerprint density at radius 2 is 1.94 bits per heavy atom. The maximum atomic E-state index is 5.92. The number of fused-ring (bicyclic) bond motifs is 2. The van der Waals surface area contributed by atoms with E-state index in [-0.39, 0.29) is 0 Å². The van der Waals surface area contributed by atoms with Gasteiger partial charge in [-0.3, -0.25) is 0 Å². The molecule has 0 bridgehead atoms. The van der Waals surface area contributed by atoms with Crippen LogP contribution in [0.15, 0.2) is 12.1 Å². The summed E-state index contributed by atoms with van der Waals surface area (Å²) in [5.41, 5.74) is 10.6. The third kappa shape index (κ3) is 1.98. The molecule has 18 heavy (non-hydrogen) atoms. The normalized spacial score (nSPS) is 14.7. The SMILES string of the molecule is CC(C)Cc1c(CN)sc2cc3c(cc12)CCC3. The molecule has 2 N–H and O–H groups in total. The predicted octanol–water partition coefficient (Wildman–Crippen LogP) is 4.05. The van der Waals surface area contributed by atoms with Crippen LogP contribution in [0.4, 0.5) is 0 Å². The van der Waals surface area contributed by atoms with Gasteiger partial charge in [-0.15, -0.1) is 11.3 Å². The zero-order valence-electron chi connectivity index (χ0n) is 11.3. The lowest BCUT2D eigenvalue weighted by molar-refractivity contribution is 0.647. The molecule has 1 aromatic carbocycles. The molecule has 0 atom stereocenters. The Balaban J connectivity index is 2.18. The van der Waals surface area contributed by atoms with Crippen molar-refractivity contribution >= 4 is 21.4 Å². The smallest absolute Gasteiger partial charge is 0.0351 e. The van der Waals surface area contributed by atoms with Gasteiger partial charge in [-0.05, 0) is 65.8 Å². The lowest BCUT2D eigenvalue weighted by Crippen LogP contribution is -2.01. The van der Waals surface area contributed by atoms with Crippen LogP contribution in [0.1, 0.15) is 41.8 Å². The second-order valence-corrected chi connectivity index (χ2v) is 6.91. The minimum atomic E-state index is 0.687. The highest BCUT2D eigenvalue weighted by atomic mass is 32.1. The molecule has 1 nitrogen and oxygen atoms in total. The standard InChI is InChI=1S/C16H21NS/c1-10(2)6-13-14-7-11-4-3-5-12(11)8-15(14)18-16(13)9-17/h7-8,10H,3-6,9,17H2,1-2H3. The van der Waals surface area contributed by atoms with Gasteiger partial charge in [-0.1, -0.05) is 13.8 Å². The molecule has 1 heterocycles. The van der Waals surface area contributed by atoms with Crippen LogP contribution in [0.2, 0.25) is 0 Å². The van der Waals surface area contributed by atoms with E-state index >= 15 is 0 Å². The van der Waals surface area contributed by atoms with Crippen molar-refractivity contribution in [2.45, 2.75) is 46.1 Å². The summed E-state index contributed by atoms with van der Waals surface area (Å²) in [7, 11) is 0. The number of hydrogen-bond acceptors (Lipinski definition) is 2. The molecule has 0 unspecified atom stereocenters. The molecule has 0 spiro atoms. The molecule has 3 rings (SSSR count). The van der Waals surface area contributed by atoms with Gasteiger partial charge in [-0.2, -0.15) is 0 Å². The van der Waals surface area contributed by atoms with Crippen LogP contribution >= 0.6 is 11.3 Å². The molecule has 1 aromatic heterocycles. The molecule has 0 radical (unpaired) electrons. The van der Waals surface area contributed by atoms with Crippen molar-refractivity contribution in [1.29, 1.82) is 0 Å². The topological polar surface area (TPSA) is 26.0 Å². The van der Waals surface area contributed by atoms with Gasteiger partial charge in [-0.25, -0.2) is 0 Å². The molecule has 0 amide bonds. The molecule has 2 aromatic rings. The Kier molecular flexibility index (Phi) is 3.16. The summed E-state index contributed by atoms with van der Waals surface area (Å²) in [5, 5.41) is 1.48. The second kappa shape index (κ2) is 4.67. The lowest BCUT2D eigenvalue weighted by atomic mass is 9.98. The fourth-order valence-corrected chi connectivity index (χ4v) is 4.22. The van der Waals surface area contributed by atoms with Gasteiger partial charge in [0.2, 0.25) is 0 Å². The van der Waals surface area contributed by atoms with E-state index in [1.807, 2.05) is 11.3 Å². The number of hydrogen-bond donors (Lipinski definition) is 1. The molecule has 0 saturated heterocycles. The fraction of sp³-hybridized carbons (Fsp3) is 0.500. The van der Waals surface area contributed by atoms with Gasteiger partial charge in [0.05, 0.1) is 0 Å². The number of thiophene rings is 1. The molecule has 0 saturated carbocycles. The Bertz CT molecular complexity index is 580. The second-order valence-electron chi connectivity index (χ2n) is 5.78. The molecular weight excluding hydrogens is 238 g/mol. The Hall–Kier alpha value is -0.860. The summed E-state index contributed by atoms with van der Waals surface area (Å²) in [5.74, 6) is 0.696. The van der Waals surface area contributed by atoms with Crippen LogP contribution in [-0.2, 0) is 25.8 Å². The van der Waals surface area contributed by atoms with Gasteiger partial charge in [0.15, 0.2) is 0 Å². The predicted molar refractivity (Wildman–Crippen MR) is 80.3 cm³/mol. The van der Waals surface area contributed by atoms with Gasteiger partial charge in [0, 0.05) is 16.1 Å². The van der Waals surface area contributed by atoms with E-state index in [1.54, 1.807) is 11.1 Å². The fourth-order valence-electron chi connectivity index (χ4n) is 3.06. The number of nitrogens with two attached hydrogens (primary N) is 1. The molecule has 96 valence electrons. The van der Waals surface area contributed by atoms with Crippen LogP contribution in [0, 0.1) is 5.92 Å². The molecule has 2 heteroatoms. The number of rotatable bonds is 3. The third-order valence-corrected chi connectivity index (χ3v) is 5.10. The highest BCUT2D eigenvalue weighted by Crippen LogP contribution is 2.37. The molecule has 0 aliphatic heterocycles. The summed E-state index contributed by atoms with van der Waals surface area (Å²) in [6.07, 6.45) is 5.02. The van der Waals surface area contributed by atoms with Crippen molar-refractivity contribution in [2.75, 3.05) is 0 Å². The van der Waals surface area contributed by atoms with Gasteiger partial charge in [0.1, 0.15) is 0 Å². The molecule has 0 fully saturated rings. The first kappa shape index (κ1) is 12.2. The van der Waals surface area contributed by atoms with E-state index in [0.29, 0.717) is 12.5 Å². The Morgan fingerprint density at radius 3 is 2.61 bits per heavy atom. The summed E-state index contributed by atoms with van der Waals surface area (Å²) >= 11 is 1.91. The monoisotopic (exact) mass is 259 g/mol. The lowest BCUT2D eigenvalue weighted by Gasteiger charge is -2.07. The van der Waals surface area contributed by atoms with Crippen molar-refractivity contribution in [3.05, 3.63) is 33.7 Å². The first-order chi connectivity index (χ1) is 8.69. The zero-order chi connectivity index (χ0) is 12.7. The van der Waals surface area contributed by atoms with Crippen LogP contribution in [0.25, 0.3) is 10.1 Å². The van der Waals surface area contributed by atoms with E-state index in [0.717, 1.165) is 6.42 Å². The number of benzene rings is 1. The van der Waals surface area contributed by atoms with E-state index in [9.17, 15) is 0 Å². The largest absolute Gasteiger partial charge is 0.326 e. The van der Waals surface area contributed by atoms with Crippen molar-refractivity contribution in [3.8, 4) is 0 Å². The Labute approximate surface area is 113 Å². The van der Waals surface area contributed by atoms with Gasteiger partial charge < -0.3 is 5.73 Å². The first-order valence-corrected chi connectivity index (χ1v) is 7.76. The minimum Gasteiger partial charge on any atom is -0.326 e. The highest BCUT2D eigenvalue weighted by molar-refractivity contribution is 7.19. The van der Waals surface area contributed by atoms with Crippen LogP contribution in [0.5, 0.6) is 0 Å². The van der Waals surface area contributed by atoms with E-state index in [1.165, 1.54) is 39.8 Å². The summed E-state index contributed by atoms with van der Waals surface area (Å²) < 4.78 is 1.45. The highest BCUT2D eigenvalue weighted by Gasteiger charge is 2.17. The van der Waals surface area contributed by atoms with Crippen molar-refractivity contribution in [3.63, 3.8) is 0 Å². The average Bonchev–Trinajstić information content (AvgIpc) is 2.90. The van der Waals surface area contributed by atoms with E-state index < -0.39 is 0 Å². The molecular formula is C16H21NS. The minimum absolute atomic E-state index is 0.687. The number of aryl methyl sites for hydroxylation is 2. The maximum absolute atomic E-state index is 5.92. The van der Waals surface area contributed by atoms with Crippen LogP contribution in [-0.4, -0.2) is 0 Å². The van der Waals surface area contributed by atoms with E-state index in [4.69, 9.17) is 5.73 Å². The van der Waals surface area contributed by atoms with Crippen molar-refractivity contribution < 1.29 is 0 Å². The summed E-state index contributed by atoms with van der Waals surface area (Å²) in [6, 6.07) is 4.87. The maximum Gasteiger partial charge on any atom is 0.0351 e. The van der Waals surface area contributed by atoms with Crippen molar-refractivity contribution in [2.24, 2.45) is 11.7 Å². The molecule has 1 aliphatic rings. The van der Waals surface area contributed by atoms with Crippen LogP contribution < -0.4 is 5.73 Å². The Morgan fingerprint density at radius 1 is 1.22 bits per heavy atom. The van der Waals surface area contributed by atoms with Gasteiger partial charge >= 0.3 is 0 Å². The van der Waals surface area contributed by atoms with Gasteiger partial charge in [0.25, 0.3) is 0 Å². The summed E-state index contributed by atoms with van der Waals surface area (Å²) in [6.45, 7) is 5.26. The first-order valence-electron chi connectivity index (χ1n) is 6.95. The quantitative estimate of drug-likeness (QED) is 0.884. The zero-order valence-corrected chi connectivity index (χ0v) is 12.1. The summed E-state index contributed by atoms with van der Waals surface area (Å²) in [4.78, 5) is 1.39. The van der Waals surface area contributed by atoms with E-state index in [2.05, 4.69) is 26.0 Å².